The van der Waals surface area contributed by atoms with Gasteiger partial charge in [-0.1, -0.05) is 6.07 Å². The molecule has 0 spiro atoms. The van der Waals surface area contributed by atoms with Crippen LogP contribution in [0, 0.1) is 0 Å². The van der Waals surface area contributed by atoms with Crippen LogP contribution in [0.5, 0.6) is 0 Å². The standard InChI is InChI=1S/C13H13BrN2OS/c1-16(7-6-11-3-2-8-18-11)13(17)12-5-4-10(14)9-15-12/h2-5,8-9H,6-7H2,1H3. The van der Waals surface area contributed by atoms with E-state index in [1.54, 1.807) is 35.5 Å². The summed E-state index contributed by atoms with van der Waals surface area (Å²) in [6.07, 6.45) is 2.52. The van der Waals surface area contributed by atoms with Gasteiger partial charge in [0.25, 0.3) is 5.91 Å². The molecule has 0 radical (unpaired) electrons. The van der Waals surface area contributed by atoms with Crippen LogP contribution in [-0.4, -0.2) is 29.4 Å². The fraction of sp³-hybridized carbons (Fsp3) is 0.231. The van der Waals surface area contributed by atoms with Crippen LogP contribution in [0.2, 0.25) is 0 Å². The van der Waals surface area contributed by atoms with E-state index in [2.05, 4.69) is 27.0 Å². The summed E-state index contributed by atoms with van der Waals surface area (Å²) in [5.41, 5.74) is 0.479. The first-order chi connectivity index (χ1) is 8.66. The minimum absolute atomic E-state index is 0.0425. The van der Waals surface area contributed by atoms with Gasteiger partial charge in [0.1, 0.15) is 5.69 Å². The van der Waals surface area contributed by atoms with E-state index < -0.39 is 0 Å². The molecule has 2 aromatic rings. The highest BCUT2D eigenvalue weighted by Crippen LogP contribution is 2.11. The molecule has 18 heavy (non-hydrogen) atoms. The molecule has 0 aliphatic heterocycles. The Morgan fingerprint density at radius 1 is 1.44 bits per heavy atom. The Hall–Kier alpha value is -1.20. The predicted molar refractivity (Wildman–Crippen MR) is 76.9 cm³/mol. The number of hydrogen-bond acceptors (Lipinski definition) is 3. The normalized spacial score (nSPS) is 10.3. The van der Waals surface area contributed by atoms with Crippen molar-refractivity contribution in [3.63, 3.8) is 0 Å². The number of halogens is 1. The fourth-order valence-electron chi connectivity index (χ4n) is 1.53. The monoisotopic (exact) mass is 324 g/mol. The topological polar surface area (TPSA) is 33.2 Å². The van der Waals surface area contributed by atoms with Crippen molar-refractivity contribution in [3.8, 4) is 0 Å². The lowest BCUT2D eigenvalue weighted by molar-refractivity contribution is 0.0791. The summed E-state index contributed by atoms with van der Waals surface area (Å²) in [6.45, 7) is 0.705. The number of nitrogens with zero attached hydrogens (tertiary/aromatic N) is 2. The van der Waals surface area contributed by atoms with Crippen molar-refractivity contribution >= 4 is 33.2 Å². The second kappa shape index (κ2) is 6.11. The molecule has 0 unspecified atom stereocenters. The quantitative estimate of drug-likeness (QED) is 0.865. The van der Waals surface area contributed by atoms with E-state index in [-0.39, 0.29) is 5.91 Å². The summed E-state index contributed by atoms with van der Waals surface area (Å²) in [5, 5.41) is 2.05. The highest BCUT2D eigenvalue weighted by molar-refractivity contribution is 9.10. The van der Waals surface area contributed by atoms with Gasteiger partial charge in [0.15, 0.2) is 0 Å². The third-order valence-corrected chi connectivity index (χ3v) is 3.97. The largest absolute Gasteiger partial charge is 0.340 e. The molecule has 0 aromatic carbocycles. The molecule has 0 aliphatic rings. The molecular weight excluding hydrogens is 312 g/mol. The SMILES string of the molecule is CN(CCc1cccs1)C(=O)c1ccc(Br)cn1. The van der Waals surface area contributed by atoms with Crippen LogP contribution in [0.15, 0.2) is 40.3 Å². The number of hydrogen-bond donors (Lipinski definition) is 0. The molecule has 0 fully saturated rings. The van der Waals surface area contributed by atoms with E-state index in [4.69, 9.17) is 0 Å². The van der Waals surface area contributed by atoms with Gasteiger partial charge in [0.05, 0.1) is 0 Å². The fourth-order valence-corrected chi connectivity index (χ4v) is 2.46. The first kappa shape index (κ1) is 13.2. The molecule has 1 amide bonds. The van der Waals surface area contributed by atoms with E-state index in [1.165, 1.54) is 4.88 Å². The average molecular weight is 325 g/mol. The van der Waals surface area contributed by atoms with E-state index in [1.807, 2.05) is 17.5 Å². The summed E-state index contributed by atoms with van der Waals surface area (Å²) < 4.78 is 0.875. The Balaban J connectivity index is 1.94. The van der Waals surface area contributed by atoms with Gasteiger partial charge >= 0.3 is 0 Å². The maximum absolute atomic E-state index is 12.1. The molecule has 0 N–H and O–H groups in total. The molecule has 0 aliphatic carbocycles. The zero-order valence-corrected chi connectivity index (χ0v) is 12.4. The van der Waals surface area contributed by atoms with Crippen molar-refractivity contribution in [1.29, 1.82) is 0 Å². The van der Waals surface area contributed by atoms with Gasteiger partial charge in [-0.2, -0.15) is 0 Å². The number of carbonyl (C=O) groups excluding carboxylic acids is 1. The molecule has 0 bridgehead atoms. The van der Waals surface area contributed by atoms with E-state index in [0.717, 1.165) is 10.9 Å². The summed E-state index contributed by atoms with van der Waals surface area (Å²) in [7, 11) is 1.81. The van der Waals surface area contributed by atoms with Gasteiger partial charge in [0.2, 0.25) is 0 Å². The number of thiophene rings is 1. The van der Waals surface area contributed by atoms with Crippen molar-refractivity contribution in [2.24, 2.45) is 0 Å². The molecule has 0 saturated heterocycles. The number of carbonyl (C=O) groups is 1. The molecule has 2 aromatic heterocycles. The van der Waals surface area contributed by atoms with Crippen LogP contribution in [0.25, 0.3) is 0 Å². The summed E-state index contributed by atoms with van der Waals surface area (Å²) in [5.74, 6) is -0.0425. The maximum Gasteiger partial charge on any atom is 0.272 e. The lowest BCUT2D eigenvalue weighted by atomic mass is 10.3. The van der Waals surface area contributed by atoms with Crippen molar-refractivity contribution in [3.05, 3.63) is 50.9 Å². The van der Waals surface area contributed by atoms with Crippen LogP contribution >= 0.6 is 27.3 Å². The highest BCUT2D eigenvalue weighted by atomic mass is 79.9. The smallest absolute Gasteiger partial charge is 0.272 e. The molecule has 94 valence electrons. The number of likely N-dealkylation sites (N-methyl/N-ethyl adjacent to an activating group) is 1. The van der Waals surface area contributed by atoms with Crippen molar-refractivity contribution in [2.75, 3.05) is 13.6 Å². The van der Waals surface area contributed by atoms with Crippen LogP contribution in [-0.2, 0) is 6.42 Å². The summed E-state index contributed by atoms with van der Waals surface area (Å²) in [6, 6.07) is 7.67. The van der Waals surface area contributed by atoms with Gasteiger partial charge in [-0.05, 0) is 45.9 Å². The molecule has 2 rings (SSSR count). The Bertz CT molecular complexity index is 510. The third-order valence-electron chi connectivity index (χ3n) is 2.57. The van der Waals surface area contributed by atoms with E-state index in [0.29, 0.717) is 12.2 Å². The first-order valence-electron chi connectivity index (χ1n) is 5.56. The van der Waals surface area contributed by atoms with Crippen molar-refractivity contribution in [1.82, 2.24) is 9.88 Å². The van der Waals surface area contributed by atoms with Crippen molar-refractivity contribution < 1.29 is 4.79 Å². The van der Waals surface area contributed by atoms with E-state index in [9.17, 15) is 4.79 Å². The Labute approximate surface area is 119 Å². The number of rotatable bonds is 4. The van der Waals surface area contributed by atoms with Gasteiger partial charge in [-0.15, -0.1) is 11.3 Å². The van der Waals surface area contributed by atoms with Crippen LogP contribution in [0.1, 0.15) is 15.4 Å². The first-order valence-corrected chi connectivity index (χ1v) is 7.23. The second-order valence-electron chi connectivity index (χ2n) is 3.92. The van der Waals surface area contributed by atoms with Crippen molar-refractivity contribution in [2.45, 2.75) is 6.42 Å². The maximum atomic E-state index is 12.1. The van der Waals surface area contributed by atoms with Crippen LogP contribution in [0.4, 0.5) is 0 Å². The zero-order chi connectivity index (χ0) is 13.0. The number of amides is 1. The minimum atomic E-state index is -0.0425. The van der Waals surface area contributed by atoms with E-state index >= 15 is 0 Å². The molecular formula is C13H13BrN2OS. The molecule has 2 heterocycles. The lowest BCUT2D eigenvalue weighted by Gasteiger charge is -2.16. The predicted octanol–water partition coefficient (Wildman–Crippen LogP) is 3.22. The second-order valence-corrected chi connectivity index (χ2v) is 5.87. The lowest BCUT2D eigenvalue weighted by Crippen LogP contribution is -2.29. The number of aromatic nitrogens is 1. The van der Waals surface area contributed by atoms with Gasteiger partial charge in [0, 0.05) is 29.1 Å². The number of pyridine rings is 1. The summed E-state index contributed by atoms with van der Waals surface area (Å²) in [4.78, 5) is 19.2. The minimum Gasteiger partial charge on any atom is -0.340 e. The van der Waals surface area contributed by atoms with Gasteiger partial charge < -0.3 is 4.90 Å². The molecule has 5 heteroatoms. The Morgan fingerprint density at radius 2 is 2.28 bits per heavy atom. The Kier molecular flexibility index (Phi) is 4.49. The van der Waals surface area contributed by atoms with Crippen LogP contribution < -0.4 is 0 Å². The Morgan fingerprint density at radius 3 is 2.89 bits per heavy atom. The molecule has 3 nitrogen and oxygen atoms in total. The van der Waals surface area contributed by atoms with Gasteiger partial charge in [-0.25, -0.2) is 4.98 Å². The average Bonchev–Trinajstić information content (AvgIpc) is 2.89. The third kappa shape index (κ3) is 3.40. The highest BCUT2D eigenvalue weighted by Gasteiger charge is 2.12. The zero-order valence-electron chi connectivity index (χ0n) is 9.97. The van der Waals surface area contributed by atoms with Gasteiger partial charge in [-0.3, -0.25) is 4.79 Å². The van der Waals surface area contributed by atoms with Crippen LogP contribution in [0.3, 0.4) is 0 Å². The molecule has 0 atom stereocenters. The molecule has 0 saturated carbocycles. The summed E-state index contributed by atoms with van der Waals surface area (Å²) >= 11 is 5.02.